The Hall–Kier alpha value is -0.580. The summed E-state index contributed by atoms with van der Waals surface area (Å²) in [4.78, 5) is 2.93. The molecule has 0 aromatic heterocycles. The third-order valence-corrected chi connectivity index (χ3v) is 22.5. The third kappa shape index (κ3) is 14.0. The minimum atomic E-state index is 1.21. The summed E-state index contributed by atoms with van der Waals surface area (Å²) >= 11 is 12.4. The highest BCUT2D eigenvalue weighted by Gasteiger charge is 2.32. The Kier molecular flexibility index (Phi) is 20.5. The summed E-state index contributed by atoms with van der Waals surface area (Å²) in [5, 5.41) is 5.41. The molecule has 0 saturated carbocycles. The van der Waals surface area contributed by atoms with E-state index in [-0.39, 0.29) is 0 Å². The molecule has 0 unspecified atom stereocenters. The largest absolute Gasteiger partial charge is 0.118 e. The molecule has 3 heterocycles. The van der Waals surface area contributed by atoms with Gasteiger partial charge in [0, 0.05) is 21.3 Å². The van der Waals surface area contributed by atoms with Crippen LogP contribution < -0.4 is 0 Å². The topological polar surface area (TPSA) is 0 Å². The Morgan fingerprint density at radius 2 is 0.603 bits per heavy atom. The van der Waals surface area contributed by atoms with Gasteiger partial charge in [-0.25, -0.2) is 0 Å². The fourth-order valence-corrected chi connectivity index (χ4v) is 19.2. The van der Waals surface area contributed by atoms with Crippen LogP contribution in [0.25, 0.3) is 31.4 Å². The molecule has 0 aliphatic carbocycles. The molecule has 7 rings (SSSR count). The first kappa shape index (κ1) is 45.4. The van der Waals surface area contributed by atoms with Crippen molar-refractivity contribution in [2.75, 3.05) is 23.0 Å². The van der Waals surface area contributed by atoms with E-state index in [1.54, 1.807) is 0 Å². The van der Waals surface area contributed by atoms with Gasteiger partial charge in [0.05, 0.1) is 16.9 Å². The fourth-order valence-electron chi connectivity index (χ4n) is 7.91. The van der Waals surface area contributed by atoms with E-state index in [1.165, 1.54) is 211 Å². The van der Waals surface area contributed by atoms with Crippen LogP contribution in [-0.4, -0.2) is 23.0 Å². The zero-order chi connectivity index (χ0) is 39.5. The van der Waals surface area contributed by atoms with Gasteiger partial charge in [-0.1, -0.05) is 256 Å². The van der Waals surface area contributed by atoms with E-state index in [0.29, 0.717) is 0 Å². The van der Waals surface area contributed by atoms with Gasteiger partial charge in [-0.15, -0.1) is 23.5 Å². The van der Waals surface area contributed by atoms with E-state index in [9.17, 15) is 0 Å². The molecule has 0 nitrogen and oxygen atoms in total. The molecule has 0 saturated heterocycles. The van der Waals surface area contributed by atoms with Gasteiger partial charge < -0.3 is 0 Å². The molecule has 0 N–H and O–H groups in total. The number of hydrogen-bond donors (Lipinski definition) is 0. The van der Waals surface area contributed by atoms with Crippen LogP contribution in [0.3, 0.4) is 0 Å². The second-order valence-corrected chi connectivity index (χ2v) is 25.7. The molecule has 0 amide bonds. The van der Waals surface area contributed by atoms with Gasteiger partial charge in [0.2, 0.25) is 0 Å². The predicted molar refractivity (Wildman–Crippen MR) is 281 cm³/mol. The van der Waals surface area contributed by atoms with E-state index in [2.05, 4.69) is 154 Å². The molecule has 4 bridgehead atoms. The zero-order valence-corrected chi connectivity index (χ0v) is 40.9. The highest BCUT2D eigenvalue weighted by Crippen LogP contribution is 2.67. The van der Waals surface area contributed by atoms with Gasteiger partial charge in [0.15, 0.2) is 0 Å². The van der Waals surface area contributed by atoms with E-state index >= 15 is 0 Å². The first-order valence-corrected chi connectivity index (χ1v) is 30.0. The zero-order valence-electron chi connectivity index (χ0n) is 34.3. The average molecular weight is 920 g/mol. The summed E-state index contributed by atoms with van der Waals surface area (Å²) in [7, 11) is 4.27. The Morgan fingerprint density at radius 3 is 1.00 bits per heavy atom. The second-order valence-electron chi connectivity index (χ2n) is 15.7. The van der Waals surface area contributed by atoms with Crippen LogP contribution in [0.1, 0.15) is 140 Å². The van der Waals surface area contributed by atoms with Crippen molar-refractivity contribution in [1.29, 1.82) is 0 Å². The monoisotopic (exact) mass is 918 g/mol. The van der Waals surface area contributed by atoms with Gasteiger partial charge in [-0.3, -0.25) is 0 Å². The van der Waals surface area contributed by atoms with Crippen LogP contribution in [0, 0.1) is 0 Å². The molecule has 4 aromatic carbocycles. The summed E-state index contributed by atoms with van der Waals surface area (Å²) in [6, 6.07) is 31.8. The van der Waals surface area contributed by atoms with Crippen molar-refractivity contribution < 1.29 is 0 Å². The lowest BCUT2D eigenvalue weighted by Crippen LogP contribution is -1.86. The summed E-state index contributed by atoms with van der Waals surface area (Å²) in [5.41, 5.74) is 2.80. The lowest BCUT2D eigenvalue weighted by atomic mass is 10.0. The number of fused-ring (bicyclic) bond motifs is 6. The molecule has 4 aromatic rings. The van der Waals surface area contributed by atoms with Crippen LogP contribution in [0.5, 0.6) is 0 Å². The quantitative estimate of drug-likeness (QED) is 0.180. The van der Waals surface area contributed by atoms with E-state index < -0.39 is 0 Å². The van der Waals surface area contributed by atoms with Crippen molar-refractivity contribution in [1.82, 2.24) is 0 Å². The molecular formula is C50H62S8. The Labute approximate surface area is 384 Å². The molecule has 310 valence electrons. The van der Waals surface area contributed by atoms with Crippen molar-refractivity contribution in [2.24, 2.45) is 0 Å². The fraction of sp³-hybridized carbons (Fsp3) is 0.480. The van der Waals surface area contributed by atoms with Gasteiger partial charge >= 0.3 is 0 Å². The molecule has 58 heavy (non-hydrogen) atoms. The second kappa shape index (κ2) is 26.1. The highest BCUT2D eigenvalue weighted by atomic mass is 33.1. The average Bonchev–Trinajstić information content (AvgIpc) is 3.88. The smallest absolute Gasteiger partial charge is 0.0712 e. The molecule has 0 fully saturated rings. The van der Waals surface area contributed by atoms with Crippen molar-refractivity contribution in [3.63, 3.8) is 0 Å². The summed E-state index contributed by atoms with van der Waals surface area (Å²) in [6.45, 7) is 0. The van der Waals surface area contributed by atoms with Crippen LogP contribution in [0.2, 0.25) is 0 Å². The van der Waals surface area contributed by atoms with Crippen LogP contribution >= 0.6 is 92.2 Å². The molecular weight excluding hydrogens is 857 g/mol. The first-order chi connectivity index (χ1) is 28.8. The Bertz CT molecular complexity index is 1830. The highest BCUT2D eigenvalue weighted by molar-refractivity contribution is 8.76. The van der Waals surface area contributed by atoms with E-state index in [0.717, 1.165) is 0 Å². The number of rotatable bonds is 2. The number of hydrogen-bond acceptors (Lipinski definition) is 8. The molecule has 8 heteroatoms. The summed E-state index contributed by atoms with van der Waals surface area (Å²) in [6.07, 6.45) is 28.0. The number of thioether (sulfide) groups is 6. The van der Waals surface area contributed by atoms with Crippen molar-refractivity contribution in [3.05, 3.63) is 113 Å². The van der Waals surface area contributed by atoms with E-state index in [4.69, 9.17) is 0 Å². The van der Waals surface area contributed by atoms with Gasteiger partial charge in [0.25, 0.3) is 0 Å². The number of benzene rings is 4. The molecule has 0 spiro atoms. The molecule has 3 aliphatic heterocycles. The van der Waals surface area contributed by atoms with Crippen LogP contribution in [-0.2, 0) is 0 Å². The molecule has 0 radical (unpaired) electrons. The van der Waals surface area contributed by atoms with Gasteiger partial charge in [-0.2, -0.15) is 0 Å². The predicted octanol–water partition coefficient (Wildman–Crippen LogP) is 19.7. The maximum atomic E-state index is 2.37. The maximum Gasteiger partial charge on any atom is 0.0712 e. The lowest BCUT2D eigenvalue weighted by molar-refractivity contribution is 0.564. The minimum absolute atomic E-state index is 1.21. The normalized spacial score (nSPS) is 22.0. The lowest BCUT2D eigenvalue weighted by Gasteiger charge is -2.09. The Morgan fingerprint density at radius 1 is 0.276 bits per heavy atom. The van der Waals surface area contributed by atoms with Crippen molar-refractivity contribution in [3.8, 4) is 0 Å². The SMILES string of the molecule is c1ccc2c(C3=C4SCCCCCCCCCCCCSSCCCCCCCCCCCCSC5=C(c6cccc7ccccc67)S/C(=C(\S4)S3)S5)cccc2c1. The maximum absolute atomic E-state index is 2.37. The van der Waals surface area contributed by atoms with Crippen molar-refractivity contribution in [2.45, 2.75) is 128 Å². The van der Waals surface area contributed by atoms with Gasteiger partial charge in [0.1, 0.15) is 0 Å². The molecule has 0 atom stereocenters. The van der Waals surface area contributed by atoms with Gasteiger partial charge in [-0.05, 0) is 69.9 Å². The van der Waals surface area contributed by atoms with Crippen LogP contribution in [0.4, 0.5) is 0 Å². The standard InChI is InChI=1S/C50H62S8/c1-3-7-11-15-23-37-53-54-38-24-16-12-8-4-2-6-10-14-22-36-52-48-46(44-34-26-30-40-28-18-20-32-42(40)44)56-50(58-48)49-55-45(47(57-49)51-35-21-13-9-5-1)43-33-25-29-39-27-17-19-31-41(39)43/h17-20,25-34H,1-16,21-24,35-38H2/b50-49+. The summed E-state index contributed by atoms with van der Waals surface area (Å²) in [5.74, 6) is 5.10. The molecule has 3 aliphatic rings. The Balaban J connectivity index is 1.05. The summed E-state index contributed by atoms with van der Waals surface area (Å²) < 4.78 is 5.96. The van der Waals surface area contributed by atoms with Crippen LogP contribution in [0.15, 0.2) is 102 Å². The van der Waals surface area contributed by atoms with E-state index in [1.807, 2.05) is 23.5 Å². The third-order valence-electron chi connectivity index (χ3n) is 11.2. The first-order valence-electron chi connectivity index (χ1n) is 22.3. The minimum Gasteiger partial charge on any atom is -0.118 e. The van der Waals surface area contributed by atoms with Crippen molar-refractivity contribution >= 4 is 124 Å².